The van der Waals surface area contributed by atoms with Crippen LogP contribution in [0.25, 0.3) is 5.65 Å². The van der Waals surface area contributed by atoms with Gasteiger partial charge in [0.2, 0.25) is 0 Å². The van der Waals surface area contributed by atoms with E-state index in [1.54, 1.807) is 25.4 Å². The van der Waals surface area contributed by atoms with Crippen LogP contribution in [0.2, 0.25) is 0 Å². The van der Waals surface area contributed by atoms with Crippen LogP contribution in [0.5, 0.6) is 0 Å². The number of fused-ring (bicyclic) bond motifs is 1. The predicted molar refractivity (Wildman–Crippen MR) is 60.3 cm³/mol. The quantitative estimate of drug-likeness (QED) is 0.727. The van der Waals surface area contributed by atoms with Crippen molar-refractivity contribution in [3.63, 3.8) is 0 Å². The van der Waals surface area contributed by atoms with E-state index in [1.165, 1.54) is 10.7 Å². The smallest absolute Gasteiger partial charge is 0.343 e. The molecule has 0 fully saturated rings. The molecule has 0 atom stereocenters. The molecule has 0 amide bonds. The molecule has 2 aromatic rings. The Kier molecular flexibility index (Phi) is 4.44. The second kappa shape index (κ2) is 5.85. The molecular weight excluding hydrogens is 206 g/mol. The first-order valence-electron chi connectivity index (χ1n) is 5.28. The van der Waals surface area contributed by atoms with E-state index < -0.39 is 0 Å². The van der Waals surface area contributed by atoms with Gasteiger partial charge in [0.15, 0.2) is 5.65 Å². The molecule has 5 nitrogen and oxygen atoms in total. The van der Waals surface area contributed by atoms with E-state index in [1.807, 2.05) is 13.8 Å². The van der Waals surface area contributed by atoms with Gasteiger partial charge in [-0.3, -0.25) is 0 Å². The van der Waals surface area contributed by atoms with E-state index in [0.29, 0.717) is 17.8 Å². The van der Waals surface area contributed by atoms with Gasteiger partial charge in [-0.25, -0.2) is 14.3 Å². The zero-order chi connectivity index (χ0) is 12.0. The molecule has 0 saturated heterocycles. The Morgan fingerprint density at radius 2 is 2.25 bits per heavy atom. The van der Waals surface area contributed by atoms with Gasteiger partial charge in [-0.15, -0.1) is 0 Å². The second-order valence-corrected chi connectivity index (χ2v) is 2.67. The van der Waals surface area contributed by atoms with Gasteiger partial charge in [0.05, 0.1) is 12.8 Å². The lowest BCUT2D eigenvalue weighted by Gasteiger charge is -1.97. The minimum absolute atomic E-state index is 0.350. The van der Waals surface area contributed by atoms with Crippen LogP contribution in [0, 0.1) is 0 Å². The maximum atomic E-state index is 11.4. The Morgan fingerprint density at radius 1 is 1.50 bits per heavy atom. The van der Waals surface area contributed by atoms with Crippen LogP contribution in [-0.2, 0) is 4.74 Å². The average Bonchev–Trinajstić information content (AvgIpc) is 2.76. The van der Waals surface area contributed by atoms with Gasteiger partial charge >= 0.3 is 5.97 Å². The molecule has 0 spiro atoms. The maximum absolute atomic E-state index is 11.4. The highest BCUT2D eigenvalue weighted by Gasteiger charge is 2.13. The van der Waals surface area contributed by atoms with Crippen LogP contribution in [0.1, 0.15) is 31.1 Å². The molecule has 0 unspecified atom stereocenters. The number of hydrogen-bond donors (Lipinski definition) is 0. The highest BCUT2D eigenvalue weighted by Crippen LogP contribution is 2.07. The Labute approximate surface area is 94.1 Å². The number of hydrogen-bond acceptors (Lipinski definition) is 4. The number of carbonyl (C=O) groups is 1. The summed E-state index contributed by atoms with van der Waals surface area (Å²) in [5, 5.41) is 3.98. The third-order valence-electron chi connectivity index (χ3n) is 1.77. The molecule has 0 N–H and O–H groups in total. The summed E-state index contributed by atoms with van der Waals surface area (Å²) in [6.45, 7) is 6.11. The summed E-state index contributed by atoms with van der Waals surface area (Å²) in [5.41, 5.74) is 0.915. The van der Waals surface area contributed by atoms with E-state index in [9.17, 15) is 4.79 Å². The molecule has 0 radical (unpaired) electrons. The summed E-state index contributed by atoms with van der Waals surface area (Å²) in [4.78, 5) is 15.4. The number of ether oxygens (including phenoxy) is 1. The molecule has 16 heavy (non-hydrogen) atoms. The van der Waals surface area contributed by atoms with Gasteiger partial charge in [0, 0.05) is 12.4 Å². The van der Waals surface area contributed by atoms with Crippen molar-refractivity contribution < 1.29 is 9.53 Å². The average molecular weight is 221 g/mol. The minimum atomic E-state index is -0.388. The lowest BCUT2D eigenvalue weighted by molar-refractivity contribution is 0.0528. The van der Waals surface area contributed by atoms with Crippen LogP contribution in [-0.4, -0.2) is 27.2 Å². The van der Waals surface area contributed by atoms with Crippen molar-refractivity contribution in [2.24, 2.45) is 0 Å². The molecule has 2 heterocycles. The molecule has 2 aromatic heterocycles. The van der Waals surface area contributed by atoms with Crippen molar-refractivity contribution in [2.45, 2.75) is 20.8 Å². The molecular formula is C11H15N3O2. The van der Waals surface area contributed by atoms with Crippen LogP contribution in [0.4, 0.5) is 0 Å². The molecule has 0 aliphatic carbocycles. The standard InChI is InChI=1S/C9H9N3O2.C2H6/c1-2-14-9(13)7-6-11-12-5-3-4-10-8(7)12;1-2/h3-6H,2H2,1H3;1-2H3. The predicted octanol–water partition coefficient (Wildman–Crippen LogP) is 1.93. The van der Waals surface area contributed by atoms with Gasteiger partial charge in [0.1, 0.15) is 5.56 Å². The molecule has 2 rings (SSSR count). The Bertz CT molecular complexity index is 465. The number of nitrogens with zero attached hydrogens (tertiary/aromatic N) is 3. The van der Waals surface area contributed by atoms with Gasteiger partial charge in [-0.2, -0.15) is 5.10 Å². The lowest BCUT2D eigenvalue weighted by Crippen LogP contribution is -2.04. The lowest BCUT2D eigenvalue weighted by atomic mass is 10.3. The molecule has 0 aliphatic rings. The first-order chi connectivity index (χ1) is 7.83. The summed E-state index contributed by atoms with van der Waals surface area (Å²) in [7, 11) is 0. The summed E-state index contributed by atoms with van der Waals surface area (Å²) in [5.74, 6) is -0.388. The normalized spacial score (nSPS) is 9.44. The molecule has 5 heteroatoms. The second-order valence-electron chi connectivity index (χ2n) is 2.67. The molecule has 0 aliphatic heterocycles. The number of aromatic nitrogens is 3. The van der Waals surface area contributed by atoms with Crippen LogP contribution >= 0.6 is 0 Å². The fraction of sp³-hybridized carbons (Fsp3) is 0.364. The highest BCUT2D eigenvalue weighted by molar-refractivity contribution is 5.95. The zero-order valence-corrected chi connectivity index (χ0v) is 9.67. The third-order valence-corrected chi connectivity index (χ3v) is 1.77. The van der Waals surface area contributed by atoms with Crippen LogP contribution in [0.15, 0.2) is 24.7 Å². The van der Waals surface area contributed by atoms with E-state index in [4.69, 9.17) is 4.74 Å². The molecule has 86 valence electrons. The van der Waals surface area contributed by atoms with Gasteiger partial charge in [0.25, 0.3) is 0 Å². The summed E-state index contributed by atoms with van der Waals surface area (Å²) in [6.07, 6.45) is 4.80. The zero-order valence-electron chi connectivity index (χ0n) is 9.67. The van der Waals surface area contributed by atoms with E-state index in [2.05, 4.69) is 10.1 Å². The van der Waals surface area contributed by atoms with Gasteiger partial charge < -0.3 is 4.74 Å². The number of esters is 1. The summed E-state index contributed by atoms with van der Waals surface area (Å²) >= 11 is 0. The van der Waals surface area contributed by atoms with Gasteiger partial charge in [-0.05, 0) is 13.0 Å². The molecule has 0 saturated carbocycles. The number of carbonyl (C=O) groups excluding carboxylic acids is 1. The maximum Gasteiger partial charge on any atom is 0.343 e. The van der Waals surface area contributed by atoms with Crippen molar-refractivity contribution in [2.75, 3.05) is 6.61 Å². The fourth-order valence-electron chi connectivity index (χ4n) is 1.18. The topological polar surface area (TPSA) is 56.5 Å². The summed E-state index contributed by atoms with van der Waals surface area (Å²) in [6, 6.07) is 1.74. The van der Waals surface area contributed by atoms with E-state index in [0.717, 1.165) is 0 Å². The first-order valence-corrected chi connectivity index (χ1v) is 5.28. The van der Waals surface area contributed by atoms with Crippen molar-refractivity contribution >= 4 is 11.6 Å². The largest absolute Gasteiger partial charge is 0.462 e. The van der Waals surface area contributed by atoms with Crippen molar-refractivity contribution in [3.05, 3.63) is 30.2 Å². The third kappa shape index (κ3) is 2.36. The van der Waals surface area contributed by atoms with E-state index in [-0.39, 0.29) is 5.97 Å². The molecule has 0 bridgehead atoms. The number of rotatable bonds is 2. The SMILES string of the molecule is CC.CCOC(=O)c1cnn2cccnc12. The Hall–Kier alpha value is -1.91. The minimum Gasteiger partial charge on any atom is -0.462 e. The van der Waals surface area contributed by atoms with Crippen molar-refractivity contribution in [1.82, 2.24) is 14.6 Å². The van der Waals surface area contributed by atoms with Gasteiger partial charge in [-0.1, -0.05) is 13.8 Å². The van der Waals surface area contributed by atoms with E-state index >= 15 is 0 Å². The Balaban J connectivity index is 0.000000606. The van der Waals surface area contributed by atoms with Crippen molar-refractivity contribution in [1.29, 1.82) is 0 Å². The first kappa shape index (κ1) is 12.2. The molecule has 0 aromatic carbocycles. The van der Waals surface area contributed by atoms with Crippen molar-refractivity contribution in [3.8, 4) is 0 Å². The fourth-order valence-corrected chi connectivity index (χ4v) is 1.18. The highest BCUT2D eigenvalue weighted by atomic mass is 16.5. The van der Waals surface area contributed by atoms with Crippen LogP contribution in [0.3, 0.4) is 0 Å². The monoisotopic (exact) mass is 221 g/mol. The Morgan fingerprint density at radius 3 is 2.94 bits per heavy atom. The van der Waals surface area contributed by atoms with Crippen LogP contribution < -0.4 is 0 Å². The summed E-state index contributed by atoms with van der Waals surface area (Å²) < 4.78 is 6.40.